The zero-order valence-corrected chi connectivity index (χ0v) is 9.63. The lowest BCUT2D eigenvalue weighted by atomic mass is 10.3. The van der Waals surface area contributed by atoms with Crippen LogP contribution in [0.1, 0.15) is 13.3 Å². The fourth-order valence-corrected chi connectivity index (χ4v) is 1.28. The topological polar surface area (TPSA) is 76.0 Å². The predicted octanol–water partition coefficient (Wildman–Crippen LogP) is 1.07. The Morgan fingerprint density at radius 3 is 2.56 bits per heavy atom. The number of aliphatic imine (C=N–C) groups is 1. The number of hydrogen-bond acceptors (Lipinski definition) is 5. The Bertz CT molecular complexity index is 415. The third-order valence-corrected chi connectivity index (χ3v) is 2.06. The summed E-state index contributed by atoms with van der Waals surface area (Å²) in [5.74, 6) is 0.255. The molecule has 1 aromatic rings. The highest BCUT2D eigenvalue weighted by molar-refractivity contribution is 7.67. The monoisotopic (exact) mass is 243 g/mol. The van der Waals surface area contributed by atoms with Gasteiger partial charge in [-0.25, -0.2) is 0 Å². The third kappa shape index (κ3) is 4.90. The van der Waals surface area contributed by atoms with Gasteiger partial charge in [-0.15, -0.1) is 0 Å². The van der Waals surface area contributed by atoms with E-state index < -0.39 is 17.1 Å². The zero-order valence-electron chi connectivity index (χ0n) is 8.74. The van der Waals surface area contributed by atoms with Gasteiger partial charge in [-0.1, -0.05) is 0 Å². The van der Waals surface area contributed by atoms with E-state index >= 15 is 0 Å². The molecule has 0 spiro atoms. The van der Waals surface area contributed by atoms with Crippen molar-refractivity contribution in [3.8, 4) is 5.75 Å². The molecule has 0 amide bonds. The van der Waals surface area contributed by atoms with Gasteiger partial charge in [-0.05, 0) is 31.2 Å². The molecule has 5 nitrogen and oxygen atoms in total. The van der Waals surface area contributed by atoms with Crippen molar-refractivity contribution in [2.24, 2.45) is 4.99 Å². The van der Waals surface area contributed by atoms with E-state index in [-0.39, 0.29) is 5.75 Å². The molecular formula is C10H13NO4S. The molecule has 1 N–H and O–H groups in total. The Balaban J connectivity index is 2.60. The first kappa shape index (κ1) is 12.7. The van der Waals surface area contributed by atoms with Crippen molar-refractivity contribution in [2.75, 3.05) is 0 Å². The van der Waals surface area contributed by atoms with Crippen LogP contribution in [-0.4, -0.2) is 25.8 Å². The highest BCUT2D eigenvalue weighted by Crippen LogP contribution is 2.17. The molecule has 0 fully saturated rings. The highest BCUT2D eigenvalue weighted by Gasteiger charge is 1.95. The smallest absolute Gasteiger partial charge is 0.299 e. The fraction of sp³-hybridized carbons (Fsp3) is 0.300. The summed E-state index contributed by atoms with van der Waals surface area (Å²) in [6.07, 6.45) is 1.66. The first-order valence-electron chi connectivity index (χ1n) is 4.71. The third-order valence-electron chi connectivity index (χ3n) is 1.70. The van der Waals surface area contributed by atoms with Crippen LogP contribution in [0.15, 0.2) is 29.3 Å². The van der Waals surface area contributed by atoms with E-state index in [0.29, 0.717) is 12.1 Å². The van der Waals surface area contributed by atoms with E-state index in [4.69, 9.17) is 5.11 Å². The number of nitrogens with zero attached hydrogens (tertiary/aromatic N) is 1. The Hall–Kier alpha value is -1.40. The van der Waals surface area contributed by atoms with Crippen molar-refractivity contribution in [2.45, 2.75) is 19.4 Å². The lowest BCUT2D eigenvalue weighted by Gasteiger charge is -1.99. The van der Waals surface area contributed by atoms with Crippen LogP contribution >= 0.6 is 0 Å². The second-order valence-electron chi connectivity index (χ2n) is 3.21. The molecule has 6 heteroatoms. The van der Waals surface area contributed by atoms with Crippen LogP contribution in [0.2, 0.25) is 0 Å². The van der Waals surface area contributed by atoms with E-state index in [1.807, 2.05) is 0 Å². The minimum atomic E-state index is -2.88. The van der Waals surface area contributed by atoms with Gasteiger partial charge in [0.2, 0.25) is 0 Å². The lowest BCUT2D eigenvalue weighted by Crippen LogP contribution is -1.98. The van der Waals surface area contributed by atoms with Gasteiger partial charge in [-0.2, -0.15) is 8.42 Å². The standard InChI is InChI=1S/C10H13NO4S/c1-8(12)6-7-11-9-2-4-10(5-3-9)15-16(13)14/h2-5,7-8,12,16H,6H2,1H3. The molecule has 0 heterocycles. The molecule has 1 unspecified atom stereocenters. The van der Waals surface area contributed by atoms with Gasteiger partial charge in [0.1, 0.15) is 5.75 Å². The van der Waals surface area contributed by atoms with Crippen LogP contribution in [0.3, 0.4) is 0 Å². The molecule has 16 heavy (non-hydrogen) atoms. The van der Waals surface area contributed by atoms with Crippen molar-refractivity contribution >= 4 is 22.9 Å². The number of aliphatic hydroxyl groups excluding tert-OH is 1. The summed E-state index contributed by atoms with van der Waals surface area (Å²) in [4.78, 5) is 4.08. The van der Waals surface area contributed by atoms with E-state index in [1.54, 1.807) is 25.3 Å². The largest absolute Gasteiger partial charge is 0.393 e. The first-order chi connectivity index (χ1) is 7.58. The second kappa shape index (κ2) is 6.24. The molecule has 0 aliphatic rings. The molecular weight excluding hydrogens is 230 g/mol. The van der Waals surface area contributed by atoms with Gasteiger partial charge >= 0.3 is 0 Å². The molecule has 0 bridgehead atoms. The van der Waals surface area contributed by atoms with Crippen LogP contribution in [0.25, 0.3) is 0 Å². The van der Waals surface area contributed by atoms with Gasteiger partial charge in [0.05, 0.1) is 11.8 Å². The minimum absolute atomic E-state index is 0.255. The maximum atomic E-state index is 10.3. The second-order valence-corrected chi connectivity index (χ2v) is 3.83. The number of benzene rings is 1. The van der Waals surface area contributed by atoms with Crippen molar-refractivity contribution in [1.82, 2.24) is 0 Å². The first-order valence-corrected chi connectivity index (χ1v) is 5.80. The Kier molecular flexibility index (Phi) is 4.94. The zero-order chi connectivity index (χ0) is 12.0. The van der Waals surface area contributed by atoms with Crippen molar-refractivity contribution in [3.63, 3.8) is 0 Å². The highest BCUT2D eigenvalue weighted by atomic mass is 32.2. The number of hydrogen-bond donors (Lipinski definition) is 2. The van der Waals surface area contributed by atoms with Crippen molar-refractivity contribution in [3.05, 3.63) is 24.3 Å². The Morgan fingerprint density at radius 1 is 1.44 bits per heavy atom. The van der Waals surface area contributed by atoms with E-state index in [2.05, 4.69) is 9.18 Å². The summed E-state index contributed by atoms with van der Waals surface area (Å²) < 4.78 is 25.0. The average Bonchev–Trinajstić information content (AvgIpc) is 2.19. The number of thiol groups is 1. The molecule has 0 aliphatic carbocycles. The van der Waals surface area contributed by atoms with Gasteiger partial charge in [0.25, 0.3) is 11.0 Å². The molecule has 0 saturated heterocycles. The van der Waals surface area contributed by atoms with E-state index in [9.17, 15) is 8.42 Å². The lowest BCUT2D eigenvalue weighted by molar-refractivity contribution is 0.204. The van der Waals surface area contributed by atoms with Crippen LogP contribution in [-0.2, 0) is 11.0 Å². The number of rotatable bonds is 5. The number of aliphatic hydroxyl groups is 1. The van der Waals surface area contributed by atoms with Crippen molar-refractivity contribution in [1.29, 1.82) is 0 Å². The van der Waals surface area contributed by atoms with Gasteiger partial charge in [0, 0.05) is 12.6 Å². The summed E-state index contributed by atoms with van der Waals surface area (Å²) in [6.45, 7) is 1.67. The Morgan fingerprint density at radius 2 is 2.06 bits per heavy atom. The maximum Gasteiger partial charge on any atom is 0.299 e. The quantitative estimate of drug-likeness (QED) is 0.599. The van der Waals surface area contributed by atoms with Crippen LogP contribution in [0.4, 0.5) is 5.69 Å². The average molecular weight is 243 g/mol. The van der Waals surface area contributed by atoms with E-state index in [0.717, 1.165) is 0 Å². The van der Waals surface area contributed by atoms with Crippen LogP contribution in [0, 0.1) is 0 Å². The summed E-state index contributed by atoms with van der Waals surface area (Å²) in [7, 11) is -2.88. The molecule has 1 rings (SSSR count). The molecule has 0 saturated carbocycles. The molecule has 0 radical (unpaired) electrons. The fourth-order valence-electron chi connectivity index (χ4n) is 0.990. The summed E-state index contributed by atoms with van der Waals surface area (Å²) in [5.41, 5.74) is 0.675. The van der Waals surface area contributed by atoms with Crippen LogP contribution < -0.4 is 4.18 Å². The Labute approximate surface area is 95.6 Å². The molecule has 0 aliphatic heterocycles. The van der Waals surface area contributed by atoms with Gasteiger partial charge < -0.3 is 9.29 Å². The molecule has 1 aromatic carbocycles. The van der Waals surface area contributed by atoms with Gasteiger partial charge in [0.15, 0.2) is 0 Å². The van der Waals surface area contributed by atoms with Crippen LogP contribution in [0.5, 0.6) is 5.75 Å². The summed E-state index contributed by atoms with van der Waals surface area (Å²) in [5, 5.41) is 9.00. The SMILES string of the molecule is CC(O)CC=Nc1ccc(O[SH](=O)=O)cc1. The maximum absolute atomic E-state index is 10.3. The molecule has 1 atom stereocenters. The summed E-state index contributed by atoms with van der Waals surface area (Å²) in [6, 6.07) is 6.29. The summed E-state index contributed by atoms with van der Waals surface area (Å²) >= 11 is 0. The van der Waals surface area contributed by atoms with Gasteiger partial charge in [-0.3, -0.25) is 4.99 Å². The molecule has 88 valence electrons. The molecule has 0 aromatic heterocycles. The normalized spacial score (nSPS) is 13.2. The predicted molar refractivity (Wildman–Crippen MR) is 61.8 cm³/mol. The minimum Gasteiger partial charge on any atom is -0.393 e. The van der Waals surface area contributed by atoms with Crippen molar-refractivity contribution < 1.29 is 17.7 Å². The van der Waals surface area contributed by atoms with E-state index in [1.165, 1.54) is 12.1 Å².